The quantitative estimate of drug-likeness (QED) is 0.586. The zero-order valence-corrected chi connectivity index (χ0v) is 9.64. The lowest BCUT2D eigenvalue weighted by molar-refractivity contribution is -0.135. The first-order chi connectivity index (χ1) is 8.65. The van der Waals surface area contributed by atoms with E-state index in [0.717, 1.165) is 0 Å². The van der Waals surface area contributed by atoms with Crippen LogP contribution in [0.3, 0.4) is 0 Å². The Kier molecular flexibility index (Phi) is 3.55. The Balaban J connectivity index is 1.97. The van der Waals surface area contributed by atoms with E-state index in [1.807, 2.05) is 0 Å². The van der Waals surface area contributed by atoms with Crippen LogP contribution < -0.4 is 16.1 Å². The fourth-order valence-electron chi connectivity index (χ4n) is 1.07. The largest absolute Gasteiger partial charge is 0.449 e. The maximum Gasteiger partial charge on any atom is 0.449 e. The van der Waals surface area contributed by atoms with Crippen LogP contribution in [0.2, 0.25) is 5.02 Å². The third-order valence-corrected chi connectivity index (χ3v) is 2.02. The molecule has 2 rings (SSSR count). The molecule has 0 atom stereocenters. The molecule has 92 valence electrons. The van der Waals surface area contributed by atoms with Crippen LogP contribution in [0, 0.1) is 11.8 Å². The van der Waals surface area contributed by atoms with Crippen molar-refractivity contribution in [2.24, 2.45) is 0 Å². The molecule has 1 aromatic carbocycles. The fraction of sp³-hybridized carbons (Fsp3) is 0.0909. The Hall–Kier alpha value is -2.39. The van der Waals surface area contributed by atoms with Gasteiger partial charge in [0.2, 0.25) is 0 Å². The van der Waals surface area contributed by atoms with Crippen molar-refractivity contribution in [2.75, 3.05) is 6.61 Å². The van der Waals surface area contributed by atoms with E-state index in [9.17, 15) is 9.59 Å². The van der Waals surface area contributed by atoms with Crippen molar-refractivity contribution in [3.05, 3.63) is 55.7 Å². The maximum absolute atomic E-state index is 10.6. The van der Waals surface area contributed by atoms with Crippen molar-refractivity contribution >= 4 is 11.6 Å². The van der Waals surface area contributed by atoms with Crippen molar-refractivity contribution in [3.63, 3.8) is 0 Å². The summed E-state index contributed by atoms with van der Waals surface area (Å²) in [6.07, 6.45) is 0. The SMILES string of the molecule is O=c1on(OCC#Cc2cccc(Cl)c2)oc1=O. The first-order valence-electron chi connectivity index (χ1n) is 4.77. The second-order valence-electron chi connectivity index (χ2n) is 3.07. The number of rotatable bonds is 2. The fourth-order valence-corrected chi connectivity index (χ4v) is 1.26. The van der Waals surface area contributed by atoms with Crippen LogP contribution >= 0.6 is 11.6 Å². The molecule has 0 unspecified atom stereocenters. The molecule has 0 aliphatic rings. The van der Waals surface area contributed by atoms with Gasteiger partial charge in [-0.1, -0.05) is 29.5 Å². The highest BCUT2D eigenvalue weighted by Gasteiger charge is 2.03. The molecule has 1 heterocycles. The Bertz CT molecular complexity index is 688. The molecule has 0 saturated carbocycles. The molecule has 1 aromatic heterocycles. The van der Waals surface area contributed by atoms with Gasteiger partial charge in [-0.2, -0.15) is 0 Å². The molecular formula is C11H6ClNO5. The van der Waals surface area contributed by atoms with Crippen molar-refractivity contribution in [1.82, 2.24) is 5.08 Å². The summed E-state index contributed by atoms with van der Waals surface area (Å²) in [5, 5.41) is 0.891. The number of hydrogen-bond acceptors (Lipinski definition) is 5. The second-order valence-corrected chi connectivity index (χ2v) is 3.50. The van der Waals surface area contributed by atoms with Crippen LogP contribution in [-0.4, -0.2) is 11.7 Å². The van der Waals surface area contributed by atoms with Gasteiger partial charge in [0, 0.05) is 10.6 Å². The predicted molar refractivity (Wildman–Crippen MR) is 61.3 cm³/mol. The van der Waals surface area contributed by atoms with Crippen LogP contribution in [0.1, 0.15) is 5.56 Å². The van der Waals surface area contributed by atoms with E-state index in [1.54, 1.807) is 24.3 Å². The van der Waals surface area contributed by atoms with Gasteiger partial charge in [0.15, 0.2) is 6.61 Å². The van der Waals surface area contributed by atoms with E-state index in [4.69, 9.17) is 16.4 Å². The molecule has 0 aliphatic heterocycles. The summed E-state index contributed by atoms with van der Waals surface area (Å²) in [5.74, 6) is 5.40. The van der Waals surface area contributed by atoms with E-state index < -0.39 is 11.3 Å². The molecule has 0 bridgehead atoms. The van der Waals surface area contributed by atoms with E-state index in [0.29, 0.717) is 15.7 Å². The lowest BCUT2D eigenvalue weighted by Gasteiger charge is -1.93. The molecule has 0 saturated heterocycles. The lowest BCUT2D eigenvalue weighted by Crippen LogP contribution is -2.14. The van der Waals surface area contributed by atoms with Crippen molar-refractivity contribution < 1.29 is 13.9 Å². The minimum Gasteiger partial charge on any atom is -0.344 e. The summed E-state index contributed by atoms with van der Waals surface area (Å²) in [5.41, 5.74) is -1.57. The van der Waals surface area contributed by atoms with Crippen LogP contribution in [0.5, 0.6) is 0 Å². The van der Waals surface area contributed by atoms with Crippen LogP contribution in [0.4, 0.5) is 0 Å². The lowest BCUT2D eigenvalue weighted by atomic mass is 10.2. The zero-order valence-electron chi connectivity index (χ0n) is 8.88. The number of nitrogens with zero attached hydrogens (tertiary/aromatic N) is 1. The van der Waals surface area contributed by atoms with E-state index >= 15 is 0 Å². The van der Waals surface area contributed by atoms with Gasteiger partial charge in [0.05, 0.1) is 0 Å². The molecule has 0 amide bonds. The predicted octanol–water partition coefficient (Wildman–Crippen LogP) is 0.528. The Morgan fingerprint density at radius 3 is 2.67 bits per heavy atom. The third kappa shape index (κ3) is 3.06. The molecule has 7 heteroatoms. The number of benzene rings is 1. The molecule has 6 nitrogen and oxygen atoms in total. The summed E-state index contributed by atoms with van der Waals surface area (Å²) in [6.45, 7) is -0.118. The first kappa shape index (κ1) is 12.1. The number of hydrogen-bond donors (Lipinski definition) is 0. The minimum absolute atomic E-state index is 0.118. The number of halogens is 1. The molecule has 0 aliphatic carbocycles. The van der Waals surface area contributed by atoms with Crippen LogP contribution in [-0.2, 0) is 0 Å². The van der Waals surface area contributed by atoms with Gasteiger partial charge in [-0.15, -0.1) is 0 Å². The van der Waals surface area contributed by atoms with Gasteiger partial charge in [-0.25, -0.2) is 9.59 Å². The summed E-state index contributed by atoms with van der Waals surface area (Å²) < 4.78 is 8.51. The molecule has 2 aromatic rings. The average Bonchev–Trinajstić information content (AvgIpc) is 2.65. The normalized spacial score (nSPS) is 9.61. The molecule has 18 heavy (non-hydrogen) atoms. The van der Waals surface area contributed by atoms with E-state index in [2.05, 4.69) is 20.9 Å². The molecule has 0 radical (unpaired) electrons. The maximum atomic E-state index is 10.6. The van der Waals surface area contributed by atoms with Gasteiger partial charge in [0.25, 0.3) is 0 Å². The van der Waals surface area contributed by atoms with Gasteiger partial charge in [-0.3, -0.25) is 9.05 Å². The Morgan fingerprint density at radius 1 is 1.28 bits per heavy atom. The monoisotopic (exact) mass is 267 g/mol. The van der Waals surface area contributed by atoms with E-state index in [-0.39, 0.29) is 6.61 Å². The summed E-state index contributed by atoms with van der Waals surface area (Å²) in [4.78, 5) is 26.0. The highest BCUT2D eigenvalue weighted by molar-refractivity contribution is 6.30. The Morgan fingerprint density at radius 2 is 2.00 bits per heavy atom. The third-order valence-electron chi connectivity index (χ3n) is 1.78. The Labute approximate surface area is 105 Å². The van der Waals surface area contributed by atoms with Crippen LogP contribution in [0.25, 0.3) is 0 Å². The molecule has 0 fully saturated rings. The molecule has 0 N–H and O–H groups in total. The van der Waals surface area contributed by atoms with Crippen LogP contribution in [0.15, 0.2) is 42.9 Å². The van der Waals surface area contributed by atoms with Gasteiger partial charge in [-0.05, 0) is 18.2 Å². The summed E-state index contributed by atoms with van der Waals surface area (Å²) in [7, 11) is 0. The van der Waals surface area contributed by atoms with Gasteiger partial charge in [0.1, 0.15) is 5.08 Å². The molecule has 0 spiro atoms. The second kappa shape index (κ2) is 5.29. The number of aromatic nitrogens is 1. The highest BCUT2D eigenvalue weighted by Crippen LogP contribution is 2.09. The minimum atomic E-state index is -1.14. The highest BCUT2D eigenvalue weighted by atomic mass is 35.5. The first-order valence-corrected chi connectivity index (χ1v) is 5.14. The van der Waals surface area contributed by atoms with Gasteiger partial charge >= 0.3 is 11.3 Å². The van der Waals surface area contributed by atoms with Gasteiger partial charge < -0.3 is 4.84 Å². The topological polar surface area (TPSA) is 74.6 Å². The summed E-state index contributed by atoms with van der Waals surface area (Å²) >= 11 is 5.77. The molecular weight excluding hydrogens is 262 g/mol. The summed E-state index contributed by atoms with van der Waals surface area (Å²) in [6, 6.07) is 6.95. The standard InChI is InChI=1S/C11H6ClNO5/c12-9-5-1-3-8(7-9)4-2-6-16-13-17-10(14)11(15)18-13/h1,3,5,7H,6H2. The zero-order chi connectivity index (χ0) is 13.0. The van der Waals surface area contributed by atoms with Crippen molar-refractivity contribution in [1.29, 1.82) is 0 Å². The average molecular weight is 268 g/mol. The smallest absolute Gasteiger partial charge is 0.344 e. The van der Waals surface area contributed by atoms with E-state index in [1.165, 1.54) is 0 Å². The van der Waals surface area contributed by atoms with Crippen molar-refractivity contribution in [3.8, 4) is 11.8 Å². The van der Waals surface area contributed by atoms with Crippen molar-refractivity contribution in [2.45, 2.75) is 0 Å².